The molecule has 0 saturated carbocycles. The number of aryl methyl sites for hydroxylation is 1. The van der Waals surface area contributed by atoms with Gasteiger partial charge in [0, 0.05) is 18.8 Å². The molecule has 0 aliphatic carbocycles. The molecule has 0 aliphatic heterocycles. The minimum atomic E-state index is -0.0830. The molecule has 1 rings (SSSR count). The Kier molecular flexibility index (Phi) is 11.2. The number of carbonyl (C=O) groups is 1. The molecule has 1 unspecified atom stereocenters. The lowest BCUT2D eigenvalue weighted by molar-refractivity contribution is -0.115. The number of guanidine groups is 1. The molecule has 27 heavy (non-hydrogen) atoms. The van der Waals surface area contributed by atoms with Crippen molar-refractivity contribution >= 4 is 17.6 Å². The highest BCUT2D eigenvalue weighted by atomic mass is 16.1. The van der Waals surface area contributed by atoms with E-state index in [1.54, 1.807) is 7.05 Å². The summed E-state index contributed by atoms with van der Waals surface area (Å²) in [5.41, 5.74) is 2.03. The highest BCUT2D eigenvalue weighted by Gasteiger charge is 2.08. The molecule has 1 atom stereocenters. The van der Waals surface area contributed by atoms with Gasteiger partial charge in [-0.3, -0.25) is 9.79 Å². The maximum atomic E-state index is 12.2. The molecule has 0 aromatic heterocycles. The average Bonchev–Trinajstić information content (AvgIpc) is 2.68. The fourth-order valence-electron chi connectivity index (χ4n) is 2.90. The van der Waals surface area contributed by atoms with Crippen LogP contribution in [0.3, 0.4) is 0 Å². The molecule has 1 aromatic carbocycles. The summed E-state index contributed by atoms with van der Waals surface area (Å²) in [6.45, 7) is 12.1. The number of amides is 1. The summed E-state index contributed by atoms with van der Waals surface area (Å²) < 4.78 is 0. The zero-order valence-electron chi connectivity index (χ0n) is 17.6. The van der Waals surface area contributed by atoms with Crippen LogP contribution in [-0.4, -0.2) is 56.0 Å². The maximum Gasteiger partial charge on any atom is 0.243 e. The highest BCUT2D eigenvalue weighted by Crippen LogP contribution is 2.10. The van der Waals surface area contributed by atoms with Gasteiger partial charge in [0.25, 0.3) is 0 Å². The van der Waals surface area contributed by atoms with E-state index in [2.05, 4.69) is 59.6 Å². The molecular weight excluding hydrogens is 338 g/mol. The number of rotatable bonds is 11. The van der Waals surface area contributed by atoms with Crippen LogP contribution in [0, 0.1) is 0 Å². The monoisotopic (exact) mass is 375 g/mol. The zero-order valence-corrected chi connectivity index (χ0v) is 17.6. The summed E-state index contributed by atoms with van der Waals surface area (Å²) in [6.07, 6.45) is 3.15. The molecule has 0 radical (unpaired) electrons. The van der Waals surface area contributed by atoms with E-state index in [1.807, 2.05) is 18.2 Å². The van der Waals surface area contributed by atoms with E-state index in [0.717, 1.165) is 44.6 Å². The van der Waals surface area contributed by atoms with Crippen molar-refractivity contribution in [3.63, 3.8) is 0 Å². The molecule has 6 heteroatoms. The molecular formula is C21H37N5O. The van der Waals surface area contributed by atoms with Gasteiger partial charge in [0.05, 0.1) is 6.54 Å². The van der Waals surface area contributed by atoms with E-state index in [4.69, 9.17) is 0 Å². The average molecular weight is 376 g/mol. The summed E-state index contributed by atoms with van der Waals surface area (Å²) in [4.78, 5) is 18.8. The lowest BCUT2D eigenvalue weighted by Crippen LogP contribution is -2.45. The van der Waals surface area contributed by atoms with Crippen molar-refractivity contribution in [2.75, 3.05) is 38.5 Å². The quantitative estimate of drug-likeness (QED) is 0.411. The molecule has 3 N–H and O–H groups in total. The largest absolute Gasteiger partial charge is 0.354 e. The van der Waals surface area contributed by atoms with E-state index >= 15 is 0 Å². The number of benzene rings is 1. The predicted molar refractivity (Wildman–Crippen MR) is 115 cm³/mol. The van der Waals surface area contributed by atoms with Gasteiger partial charge >= 0.3 is 0 Å². The molecule has 0 bridgehead atoms. The number of hydrogen-bond donors (Lipinski definition) is 3. The molecule has 0 spiro atoms. The summed E-state index contributed by atoms with van der Waals surface area (Å²) in [6, 6.07) is 8.23. The Morgan fingerprint density at radius 2 is 1.96 bits per heavy atom. The van der Waals surface area contributed by atoms with Crippen LogP contribution in [0.15, 0.2) is 29.3 Å². The van der Waals surface area contributed by atoms with E-state index in [0.29, 0.717) is 12.0 Å². The minimum absolute atomic E-state index is 0.0830. The molecule has 6 nitrogen and oxygen atoms in total. The lowest BCUT2D eigenvalue weighted by atomic mass is 10.1. The first-order chi connectivity index (χ1) is 13.0. The minimum Gasteiger partial charge on any atom is -0.354 e. The summed E-state index contributed by atoms with van der Waals surface area (Å²) in [5, 5.41) is 9.36. The Morgan fingerprint density at radius 3 is 2.59 bits per heavy atom. The first kappa shape index (κ1) is 23.0. The van der Waals surface area contributed by atoms with Gasteiger partial charge in [-0.2, -0.15) is 0 Å². The van der Waals surface area contributed by atoms with Crippen LogP contribution >= 0.6 is 0 Å². The molecule has 0 aliphatic rings. The van der Waals surface area contributed by atoms with Gasteiger partial charge in [0.2, 0.25) is 5.91 Å². The van der Waals surface area contributed by atoms with Crippen molar-refractivity contribution < 1.29 is 4.79 Å². The van der Waals surface area contributed by atoms with Crippen molar-refractivity contribution in [3.8, 4) is 0 Å². The van der Waals surface area contributed by atoms with Crippen molar-refractivity contribution in [2.45, 2.75) is 53.0 Å². The first-order valence-corrected chi connectivity index (χ1v) is 10.1. The Balaban J connectivity index is 2.34. The molecule has 0 saturated heterocycles. The van der Waals surface area contributed by atoms with Gasteiger partial charge < -0.3 is 20.9 Å². The Labute approximate surface area is 164 Å². The Morgan fingerprint density at radius 1 is 1.22 bits per heavy atom. The number of carbonyl (C=O) groups excluding carboxylic acids is 1. The second kappa shape index (κ2) is 13.1. The van der Waals surface area contributed by atoms with Gasteiger partial charge in [-0.15, -0.1) is 0 Å². The van der Waals surface area contributed by atoms with Crippen molar-refractivity contribution in [2.24, 2.45) is 4.99 Å². The van der Waals surface area contributed by atoms with E-state index in [9.17, 15) is 4.79 Å². The second-order valence-corrected chi connectivity index (χ2v) is 6.74. The fraction of sp³-hybridized carbons (Fsp3) is 0.619. The van der Waals surface area contributed by atoms with Crippen LogP contribution in [0.2, 0.25) is 0 Å². The van der Waals surface area contributed by atoms with Gasteiger partial charge in [-0.1, -0.05) is 32.9 Å². The smallest absolute Gasteiger partial charge is 0.243 e. The number of aliphatic imine (C=N–C) groups is 1. The van der Waals surface area contributed by atoms with Crippen molar-refractivity contribution in [3.05, 3.63) is 29.8 Å². The number of hydrogen-bond acceptors (Lipinski definition) is 3. The van der Waals surface area contributed by atoms with Crippen LogP contribution < -0.4 is 16.0 Å². The van der Waals surface area contributed by atoms with Gasteiger partial charge in [-0.25, -0.2) is 0 Å². The third kappa shape index (κ3) is 9.43. The Hall–Kier alpha value is -2.08. The molecule has 1 amide bonds. The number of anilines is 1. The van der Waals surface area contributed by atoms with Gasteiger partial charge in [0.15, 0.2) is 5.96 Å². The highest BCUT2D eigenvalue weighted by molar-refractivity contribution is 5.95. The molecule has 1 aromatic rings. The second-order valence-electron chi connectivity index (χ2n) is 6.74. The van der Waals surface area contributed by atoms with Crippen LogP contribution in [0.5, 0.6) is 0 Å². The van der Waals surface area contributed by atoms with Crippen molar-refractivity contribution in [1.29, 1.82) is 0 Å². The van der Waals surface area contributed by atoms with Crippen LogP contribution in [0.25, 0.3) is 0 Å². The molecule has 0 heterocycles. The van der Waals surface area contributed by atoms with Gasteiger partial charge in [0.1, 0.15) is 0 Å². The number of nitrogens with zero attached hydrogens (tertiary/aromatic N) is 2. The number of nitrogens with one attached hydrogen (secondary N) is 3. The first-order valence-electron chi connectivity index (χ1n) is 10.1. The normalized spacial score (nSPS) is 12.7. The predicted octanol–water partition coefficient (Wildman–Crippen LogP) is 2.86. The summed E-state index contributed by atoms with van der Waals surface area (Å²) >= 11 is 0. The zero-order chi connectivity index (χ0) is 20.1. The topological polar surface area (TPSA) is 68.8 Å². The third-order valence-electron chi connectivity index (χ3n) is 4.65. The maximum absolute atomic E-state index is 12.2. The van der Waals surface area contributed by atoms with E-state index in [-0.39, 0.29) is 12.5 Å². The summed E-state index contributed by atoms with van der Waals surface area (Å²) in [5.74, 6) is 0.572. The summed E-state index contributed by atoms with van der Waals surface area (Å²) in [7, 11) is 1.72. The van der Waals surface area contributed by atoms with E-state index in [1.165, 1.54) is 5.56 Å². The van der Waals surface area contributed by atoms with E-state index < -0.39 is 0 Å². The Bertz CT molecular complexity index is 584. The van der Waals surface area contributed by atoms with Crippen molar-refractivity contribution in [1.82, 2.24) is 15.5 Å². The SMILES string of the molecule is CCc1cccc(NC(=O)CNC(=NC)NC(C)CCCN(CC)CC)c1. The molecule has 0 fully saturated rings. The lowest BCUT2D eigenvalue weighted by Gasteiger charge is -2.21. The van der Waals surface area contributed by atoms with Gasteiger partial charge in [-0.05, 0) is 63.5 Å². The van der Waals surface area contributed by atoms with Crippen LogP contribution in [0.1, 0.15) is 46.1 Å². The standard InChI is InChI=1S/C21H37N5O/c1-6-18-12-9-13-19(15-18)25-20(27)16-23-21(22-5)24-17(4)11-10-14-26(7-2)8-3/h9,12-13,15,17H,6-8,10-11,14,16H2,1-5H3,(H,25,27)(H2,22,23,24). The van der Waals surface area contributed by atoms with Crippen LogP contribution in [-0.2, 0) is 11.2 Å². The van der Waals surface area contributed by atoms with Crippen LogP contribution in [0.4, 0.5) is 5.69 Å². The third-order valence-corrected chi connectivity index (χ3v) is 4.65. The fourth-order valence-corrected chi connectivity index (χ4v) is 2.90. The molecule has 152 valence electrons.